The van der Waals surface area contributed by atoms with Crippen LogP contribution in [0.2, 0.25) is 0 Å². The van der Waals surface area contributed by atoms with E-state index in [0.717, 1.165) is 64.2 Å². The topological polar surface area (TPSA) is 170 Å². The molecule has 0 fully saturated rings. The molecular weight excluding hydrogens is 499 g/mol. The van der Waals surface area contributed by atoms with Crippen LogP contribution in [0.1, 0.15) is 116 Å². The van der Waals surface area contributed by atoms with Gasteiger partial charge in [-0.05, 0) is 38.5 Å². The fraction of sp³-hybridized carbons (Fsp3) is 0.808. The van der Waals surface area contributed by atoms with Gasteiger partial charge in [0.2, 0.25) is 5.91 Å². The molecule has 0 saturated heterocycles. The molecule has 37 heavy (non-hydrogen) atoms. The molecule has 0 rings (SSSR count). The van der Waals surface area contributed by atoms with E-state index in [1.165, 1.54) is 0 Å². The van der Waals surface area contributed by atoms with E-state index in [4.69, 9.17) is 10.2 Å². The second-order valence-corrected chi connectivity index (χ2v) is 9.98. The number of ketones is 1. The minimum atomic E-state index is -1.06. The van der Waals surface area contributed by atoms with E-state index in [9.17, 15) is 29.1 Å². The van der Waals surface area contributed by atoms with E-state index < -0.39 is 29.9 Å². The molecule has 0 radical (unpaired) electrons. The fourth-order valence-corrected chi connectivity index (χ4v) is 4.38. The zero-order valence-corrected chi connectivity index (χ0v) is 23.2. The van der Waals surface area contributed by atoms with Crippen LogP contribution in [-0.2, 0) is 24.0 Å². The summed E-state index contributed by atoms with van der Waals surface area (Å²) in [5.41, 5.74) is 0. The Hall–Kier alpha value is -2.06. The Labute approximate surface area is 223 Å². The van der Waals surface area contributed by atoms with Crippen molar-refractivity contribution in [1.82, 2.24) is 10.4 Å². The first-order valence-corrected chi connectivity index (χ1v) is 14.2. The third kappa shape index (κ3) is 21.7. The van der Waals surface area contributed by atoms with Gasteiger partial charge in [-0.25, -0.2) is 0 Å². The highest BCUT2D eigenvalue weighted by atomic mass is 31.0. The lowest BCUT2D eigenvalue weighted by Gasteiger charge is -2.12. The molecule has 0 spiro atoms. The number of Topliss-reactive ketones (excluding diaryl/α,β-unsaturated/α-hetero) is 1. The van der Waals surface area contributed by atoms with Gasteiger partial charge in [0.1, 0.15) is 11.8 Å². The predicted molar refractivity (Wildman–Crippen MR) is 144 cm³/mol. The molecule has 0 saturated carbocycles. The van der Waals surface area contributed by atoms with Crippen LogP contribution in [0.3, 0.4) is 0 Å². The van der Waals surface area contributed by atoms with Crippen molar-refractivity contribution in [2.75, 3.05) is 6.54 Å². The van der Waals surface area contributed by atoms with Crippen LogP contribution in [0, 0.1) is 5.92 Å². The first kappa shape index (κ1) is 34.9. The number of rotatable bonds is 26. The smallest absolute Gasteiger partial charge is 0.320 e. The van der Waals surface area contributed by atoms with Gasteiger partial charge in [0.15, 0.2) is 0 Å². The minimum Gasteiger partial charge on any atom is -0.481 e. The summed E-state index contributed by atoms with van der Waals surface area (Å²) in [7, 11) is 2.18. The number of hydrogen-bond acceptors (Lipinski definition) is 6. The number of hydrogen-bond donors (Lipinski definition) is 5. The average molecular weight is 547 g/mol. The lowest BCUT2D eigenvalue weighted by molar-refractivity contribution is -0.144. The molecule has 10 nitrogen and oxygen atoms in total. The van der Waals surface area contributed by atoms with E-state index in [0.29, 0.717) is 32.2 Å². The molecular formula is C26H47N2O8P. The Morgan fingerprint density at radius 2 is 1.16 bits per heavy atom. The zero-order valence-electron chi connectivity index (χ0n) is 22.0. The fourth-order valence-electron chi connectivity index (χ4n) is 4.08. The SMILES string of the molecule is O=C(O)CCCCCCCCCCCCC(=O)C[C@@H](CCC(=O)NCCCC[C@H](NP)C(=O)O)C(=O)O. The highest BCUT2D eigenvalue weighted by Gasteiger charge is 2.22. The van der Waals surface area contributed by atoms with Crippen LogP contribution in [0.5, 0.6) is 0 Å². The maximum absolute atomic E-state index is 12.2. The van der Waals surface area contributed by atoms with Crippen LogP contribution in [0.4, 0.5) is 0 Å². The molecule has 3 atom stereocenters. The summed E-state index contributed by atoms with van der Waals surface area (Å²) in [4.78, 5) is 57.1. The number of amides is 1. The van der Waals surface area contributed by atoms with Gasteiger partial charge in [-0.1, -0.05) is 60.8 Å². The third-order valence-corrected chi connectivity index (χ3v) is 6.78. The second kappa shape index (κ2) is 23.1. The van der Waals surface area contributed by atoms with Gasteiger partial charge in [-0.15, -0.1) is 0 Å². The zero-order chi connectivity index (χ0) is 27.9. The van der Waals surface area contributed by atoms with Gasteiger partial charge in [-0.3, -0.25) is 29.1 Å². The summed E-state index contributed by atoms with van der Waals surface area (Å²) in [6.07, 6.45) is 12.4. The number of carbonyl (C=O) groups is 5. The maximum atomic E-state index is 12.2. The summed E-state index contributed by atoms with van der Waals surface area (Å²) < 4.78 is 0. The molecule has 0 aliphatic rings. The largest absolute Gasteiger partial charge is 0.481 e. The molecule has 0 aromatic rings. The Morgan fingerprint density at radius 3 is 1.65 bits per heavy atom. The van der Waals surface area contributed by atoms with Crippen molar-refractivity contribution in [3.05, 3.63) is 0 Å². The van der Waals surface area contributed by atoms with Crippen molar-refractivity contribution in [2.45, 2.75) is 122 Å². The van der Waals surface area contributed by atoms with Crippen molar-refractivity contribution in [1.29, 1.82) is 0 Å². The number of carboxylic acids is 3. The van der Waals surface area contributed by atoms with Crippen LogP contribution in [-0.4, -0.2) is 57.5 Å². The Morgan fingerprint density at radius 1 is 0.622 bits per heavy atom. The Balaban J connectivity index is 3.84. The number of carbonyl (C=O) groups excluding carboxylic acids is 2. The van der Waals surface area contributed by atoms with Crippen LogP contribution in [0.15, 0.2) is 0 Å². The average Bonchev–Trinajstić information content (AvgIpc) is 2.83. The number of unbranched alkanes of at least 4 members (excludes halogenated alkanes) is 10. The van der Waals surface area contributed by atoms with Crippen molar-refractivity contribution >= 4 is 39.0 Å². The predicted octanol–water partition coefficient (Wildman–Crippen LogP) is 4.31. The van der Waals surface area contributed by atoms with E-state index >= 15 is 0 Å². The number of nitrogens with one attached hydrogen (secondary N) is 2. The Bertz CT molecular complexity index is 689. The summed E-state index contributed by atoms with van der Waals surface area (Å²) in [5, 5.41) is 32.3. The third-order valence-electron chi connectivity index (χ3n) is 6.38. The molecule has 1 amide bonds. The van der Waals surface area contributed by atoms with Crippen LogP contribution in [0.25, 0.3) is 0 Å². The van der Waals surface area contributed by atoms with Crippen LogP contribution < -0.4 is 10.4 Å². The van der Waals surface area contributed by atoms with E-state index in [2.05, 4.69) is 19.8 Å². The molecule has 0 aliphatic heterocycles. The van der Waals surface area contributed by atoms with E-state index in [1.807, 2.05) is 0 Å². The first-order valence-electron chi connectivity index (χ1n) is 13.6. The molecule has 0 aromatic heterocycles. The van der Waals surface area contributed by atoms with Gasteiger partial charge in [0.25, 0.3) is 0 Å². The van der Waals surface area contributed by atoms with Crippen molar-refractivity contribution in [2.24, 2.45) is 5.92 Å². The summed E-state index contributed by atoms with van der Waals surface area (Å²) in [6.45, 7) is 0.394. The quantitative estimate of drug-likeness (QED) is 0.0783. The first-order chi connectivity index (χ1) is 17.7. The summed E-state index contributed by atoms with van der Waals surface area (Å²) in [6, 6.07) is -0.645. The molecule has 214 valence electrons. The minimum absolute atomic E-state index is 0.0364. The Kier molecular flexibility index (Phi) is 21.8. The molecule has 11 heteroatoms. The van der Waals surface area contributed by atoms with Gasteiger partial charge in [0, 0.05) is 32.2 Å². The second-order valence-electron chi connectivity index (χ2n) is 9.65. The highest BCUT2D eigenvalue weighted by Crippen LogP contribution is 2.16. The monoisotopic (exact) mass is 546 g/mol. The highest BCUT2D eigenvalue weighted by molar-refractivity contribution is 7.13. The van der Waals surface area contributed by atoms with Gasteiger partial charge >= 0.3 is 17.9 Å². The number of carboxylic acid groups (broad SMARTS) is 3. The lowest BCUT2D eigenvalue weighted by atomic mass is 9.94. The maximum Gasteiger partial charge on any atom is 0.320 e. The molecule has 0 heterocycles. The molecule has 0 aromatic carbocycles. The molecule has 1 unspecified atom stereocenters. The normalized spacial score (nSPS) is 12.6. The van der Waals surface area contributed by atoms with Crippen LogP contribution >= 0.6 is 9.39 Å². The van der Waals surface area contributed by atoms with Gasteiger partial charge in [-0.2, -0.15) is 0 Å². The van der Waals surface area contributed by atoms with Gasteiger partial charge < -0.3 is 20.6 Å². The summed E-state index contributed by atoms with van der Waals surface area (Å²) >= 11 is 0. The van der Waals surface area contributed by atoms with Crippen molar-refractivity contribution in [3.8, 4) is 0 Å². The van der Waals surface area contributed by atoms with Gasteiger partial charge in [0.05, 0.1) is 5.92 Å². The van der Waals surface area contributed by atoms with Crippen molar-refractivity contribution in [3.63, 3.8) is 0 Å². The van der Waals surface area contributed by atoms with Crippen molar-refractivity contribution < 1.29 is 39.3 Å². The standard InChI is InChI=1S/C26H47N2O8P/c29-21(13-9-7-5-3-1-2-4-6-8-10-15-24(31)32)19-20(25(33)34)16-17-23(30)27-18-12-11-14-22(28-37)26(35)36/h20,22,28H,1-19,37H2,(H,27,30)(H,31,32)(H,33,34)(H,35,36)/t20-,22+/m1/s1. The summed E-state index contributed by atoms with van der Waals surface area (Å²) in [5.74, 6) is -3.93. The number of aliphatic carboxylic acids is 3. The molecule has 0 aliphatic carbocycles. The molecule has 0 bridgehead atoms. The lowest BCUT2D eigenvalue weighted by Crippen LogP contribution is -2.30. The van der Waals surface area contributed by atoms with E-state index in [1.54, 1.807) is 0 Å². The molecule has 5 N–H and O–H groups in total. The van der Waals surface area contributed by atoms with E-state index in [-0.39, 0.29) is 37.4 Å².